The lowest BCUT2D eigenvalue weighted by Crippen LogP contribution is -2.37. The van der Waals surface area contributed by atoms with Crippen LogP contribution in [-0.4, -0.2) is 35.0 Å². The van der Waals surface area contributed by atoms with E-state index in [2.05, 4.69) is 65.3 Å². The predicted molar refractivity (Wildman–Crippen MR) is 164 cm³/mol. The highest BCUT2D eigenvalue weighted by molar-refractivity contribution is 5.80. The van der Waals surface area contributed by atoms with E-state index in [1.54, 1.807) is 13.3 Å². The molecule has 1 amide bonds. The van der Waals surface area contributed by atoms with Gasteiger partial charge in [0.05, 0.1) is 7.11 Å². The van der Waals surface area contributed by atoms with Crippen LogP contribution in [0.2, 0.25) is 0 Å². The van der Waals surface area contributed by atoms with Gasteiger partial charge in [-0.2, -0.15) is 0 Å². The van der Waals surface area contributed by atoms with Gasteiger partial charge in [0.15, 0.2) is 0 Å². The third-order valence-electron chi connectivity index (χ3n) is 9.77. The van der Waals surface area contributed by atoms with Gasteiger partial charge in [0, 0.05) is 35.4 Å². The topological polar surface area (TPSA) is 81.1 Å². The molecule has 3 atom stereocenters. The highest BCUT2D eigenvalue weighted by Crippen LogP contribution is 2.49. The molecule has 3 heterocycles. The van der Waals surface area contributed by atoms with E-state index in [-0.39, 0.29) is 17.6 Å². The number of ether oxygens (including phenoxy) is 2. The molecule has 0 spiro atoms. The number of fused-ring (bicyclic) bond motifs is 1. The second-order valence-corrected chi connectivity index (χ2v) is 12.9. The molecule has 0 radical (unpaired) electrons. The Morgan fingerprint density at radius 1 is 1.12 bits per heavy atom. The first-order valence-corrected chi connectivity index (χ1v) is 15.3. The van der Waals surface area contributed by atoms with E-state index in [1.165, 1.54) is 29.5 Å². The monoisotopic (exact) mass is 567 g/mol. The Labute approximate surface area is 248 Å². The van der Waals surface area contributed by atoms with E-state index in [4.69, 9.17) is 9.47 Å². The molecule has 0 bridgehead atoms. The molecule has 220 valence electrons. The van der Waals surface area contributed by atoms with Crippen LogP contribution >= 0.6 is 0 Å². The molecule has 7 heteroatoms. The van der Waals surface area contributed by atoms with Crippen molar-refractivity contribution in [1.29, 1.82) is 0 Å². The molecule has 1 aliphatic carbocycles. The molecule has 0 N–H and O–H groups in total. The summed E-state index contributed by atoms with van der Waals surface area (Å²) in [7, 11) is 1.64. The Kier molecular flexibility index (Phi) is 7.88. The minimum absolute atomic E-state index is 0.00549. The summed E-state index contributed by atoms with van der Waals surface area (Å²) in [6, 6.07) is 17.1. The van der Waals surface area contributed by atoms with Crippen molar-refractivity contribution in [2.24, 2.45) is 17.0 Å². The van der Waals surface area contributed by atoms with E-state index in [0.29, 0.717) is 11.8 Å². The van der Waals surface area contributed by atoms with Crippen LogP contribution in [0, 0.1) is 16.7 Å². The van der Waals surface area contributed by atoms with Crippen LogP contribution in [0.25, 0.3) is 11.1 Å². The number of benzene rings is 2. The lowest BCUT2D eigenvalue weighted by molar-refractivity contribution is -0.122. The van der Waals surface area contributed by atoms with Gasteiger partial charge in [-0.05, 0) is 122 Å². The molecule has 6 rings (SSSR count). The lowest BCUT2D eigenvalue weighted by atomic mass is 9.82. The molecule has 1 unspecified atom stereocenters. The van der Waals surface area contributed by atoms with E-state index in [0.717, 1.165) is 61.2 Å². The summed E-state index contributed by atoms with van der Waals surface area (Å²) in [4.78, 5) is 30.2. The summed E-state index contributed by atoms with van der Waals surface area (Å²) in [6.07, 6.45) is 8.12. The molecule has 1 aromatic heterocycles. The summed E-state index contributed by atoms with van der Waals surface area (Å²) in [5.41, 5.74) is 7.15. The lowest BCUT2D eigenvalue weighted by Gasteiger charge is -2.34. The maximum Gasteiger partial charge on any atom is 0.289 e. The molecule has 2 fully saturated rings. The number of hydrogen-bond acceptors (Lipinski definition) is 6. The molecule has 7 nitrogen and oxygen atoms in total. The molecule has 42 heavy (non-hydrogen) atoms. The number of nitroso groups, excluding NO2 is 1. The van der Waals surface area contributed by atoms with Gasteiger partial charge in [0.25, 0.3) is 5.91 Å². The van der Waals surface area contributed by atoms with Gasteiger partial charge < -0.3 is 9.47 Å². The molecular weight excluding hydrogens is 526 g/mol. The van der Waals surface area contributed by atoms with E-state index in [1.807, 2.05) is 19.1 Å². The first-order valence-electron chi connectivity index (χ1n) is 15.3. The first kappa shape index (κ1) is 28.5. The number of carbonyl (C=O) groups is 1. The van der Waals surface area contributed by atoms with Gasteiger partial charge in [-0.3, -0.25) is 9.69 Å². The Morgan fingerprint density at radius 3 is 2.64 bits per heavy atom. The fourth-order valence-electron chi connectivity index (χ4n) is 7.07. The fraction of sp³-hybridized carbons (Fsp3) is 0.486. The Balaban J connectivity index is 1.33. The molecule has 3 aliphatic rings. The minimum Gasteiger partial charge on any atom is -0.485 e. The minimum atomic E-state index is -0.565. The number of likely N-dealkylation sites (tertiary alicyclic amines) is 1. The number of carbonyl (C=O) groups excluding carboxylic acids is 1. The number of aryl methyl sites for hydroxylation is 1. The zero-order valence-electron chi connectivity index (χ0n) is 25.1. The van der Waals surface area contributed by atoms with Crippen molar-refractivity contribution in [3.05, 3.63) is 81.9 Å². The van der Waals surface area contributed by atoms with Gasteiger partial charge in [0.1, 0.15) is 11.9 Å². The van der Waals surface area contributed by atoms with Gasteiger partial charge in [-0.15, -0.1) is 4.91 Å². The summed E-state index contributed by atoms with van der Waals surface area (Å²) in [5.74, 6) is 0.911. The standard InChI is InChI=1S/C35H41N3O4/c1-22(34(39)37-40)33(24-7-8-24)27-9-6-23-11-13-30(42-31(23)19-27)29-12-10-25(26-14-16-36-32(20-26)41-4)18-28(29)21-38-17-5-15-35(38,2)3/h6,9-10,12,14,16,18-20,22,24,30,33H,5,7-8,11,13,15,17,21H2,1-4H3/t22-,30?,33-/m0/s1. The average molecular weight is 568 g/mol. The van der Waals surface area contributed by atoms with Crippen molar-refractivity contribution < 1.29 is 14.3 Å². The number of nitrogens with zero attached hydrogens (tertiary/aromatic N) is 3. The van der Waals surface area contributed by atoms with Crippen LogP contribution in [0.3, 0.4) is 0 Å². The predicted octanol–water partition coefficient (Wildman–Crippen LogP) is 7.62. The fourth-order valence-corrected chi connectivity index (χ4v) is 7.07. The average Bonchev–Trinajstić information content (AvgIpc) is 3.79. The van der Waals surface area contributed by atoms with Crippen LogP contribution in [0.4, 0.5) is 0 Å². The SMILES string of the molecule is COc1cc(-c2ccc(C3CCc4ccc([C@H](C5CC5)[C@H](C)C(=O)N=O)cc4O3)c(CN3CCCC3(C)C)c2)ccn1. The third kappa shape index (κ3) is 5.71. The zero-order valence-corrected chi connectivity index (χ0v) is 25.1. The quantitative estimate of drug-likeness (QED) is 0.247. The number of methoxy groups -OCH3 is 1. The number of pyridine rings is 1. The van der Waals surface area contributed by atoms with Gasteiger partial charge >= 0.3 is 0 Å². The molecule has 2 aromatic carbocycles. The highest BCUT2D eigenvalue weighted by Gasteiger charge is 2.40. The second-order valence-electron chi connectivity index (χ2n) is 12.9. The van der Waals surface area contributed by atoms with Crippen LogP contribution in [0.15, 0.2) is 59.9 Å². The van der Waals surface area contributed by atoms with Crippen LogP contribution in [0.5, 0.6) is 11.6 Å². The van der Waals surface area contributed by atoms with E-state index >= 15 is 0 Å². The smallest absolute Gasteiger partial charge is 0.289 e. The molecule has 3 aromatic rings. The molecule has 2 aliphatic heterocycles. The van der Waals surface area contributed by atoms with Crippen LogP contribution < -0.4 is 9.47 Å². The number of hydrogen-bond donors (Lipinski definition) is 0. The third-order valence-corrected chi connectivity index (χ3v) is 9.77. The molecule has 1 saturated heterocycles. The maximum absolute atomic E-state index is 12.3. The number of aromatic nitrogens is 1. The van der Waals surface area contributed by atoms with Gasteiger partial charge in [0.2, 0.25) is 5.88 Å². The van der Waals surface area contributed by atoms with Crippen LogP contribution in [-0.2, 0) is 17.8 Å². The number of rotatable bonds is 9. The summed E-state index contributed by atoms with van der Waals surface area (Å²) < 4.78 is 12.2. The van der Waals surface area contributed by atoms with Crippen molar-refractivity contribution in [3.8, 4) is 22.8 Å². The molecular formula is C35H41N3O4. The van der Waals surface area contributed by atoms with E-state index in [9.17, 15) is 9.70 Å². The maximum atomic E-state index is 12.3. The van der Waals surface area contributed by atoms with Crippen LogP contribution in [0.1, 0.15) is 87.2 Å². The van der Waals surface area contributed by atoms with Crippen molar-refractivity contribution in [1.82, 2.24) is 9.88 Å². The number of amides is 1. The van der Waals surface area contributed by atoms with Crippen molar-refractivity contribution in [3.63, 3.8) is 0 Å². The summed E-state index contributed by atoms with van der Waals surface area (Å²) in [6.45, 7) is 8.48. The van der Waals surface area contributed by atoms with E-state index < -0.39 is 11.8 Å². The largest absolute Gasteiger partial charge is 0.485 e. The Hall–Kier alpha value is -3.58. The van der Waals surface area contributed by atoms with Gasteiger partial charge in [-0.1, -0.05) is 31.2 Å². The normalized spacial score (nSPS) is 21.2. The summed E-state index contributed by atoms with van der Waals surface area (Å²) in [5, 5.41) is 2.75. The van der Waals surface area contributed by atoms with Crippen molar-refractivity contribution in [2.45, 2.75) is 83.4 Å². The Bertz CT molecular complexity index is 1480. The second kappa shape index (κ2) is 11.6. The molecule has 1 saturated carbocycles. The highest BCUT2D eigenvalue weighted by atomic mass is 16.5. The zero-order chi connectivity index (χ0) is 29.4. The first-order chi connectivity index (χ1) is 20.3. The van der Waals surface area contributed by atoms with Crippen molar-refractivity contribution >= 4 is 5.91 Å². The van der Waals surface area contributed by atoms with Gasteiger partial charge in [-0.25, -0.2) is 4.98 Å². The Morgan fingerprint density at radius 2 is 1.93 bits per heavy atom. The van der Waals surface area contributed by atoms with Crippen molar-refractivity contribution in [2.75, 3.05) is 13.7 Å². The summed E-state index contributed by atoms with van der Waals surface area (Å²) >= 11 is 0.